The highest BCUT2D eigenvalue weighted by atomic mass is 15.3. The topological polar surface area (TPSA) is 57.8 Å². The highest BCUT2D eigenvalue weighted by Crippen LogP contribution is 2.27. The van der Waals surface area contributed by atoms with Crippen molar-refractivity contribution in [1.29, 1.82) is 0 Å². The molecule has 6 heteroatoms. The monoisotopic (exact) mass is 306 g/mol. The van der Waals surface area contributed by atoms with E-state index in [1.807, 2.05) is 35.8 Å². The molecule has 1 N–H and O–H groups in total. The number of aromatic nitrogens is 3. The third-order valence-corrected chi connectivity index (χ3v) is 4.14. The summed E-state index contributed by atoms with van der Waals surface area (Å²) in [5.41, 5.74) is 3.45. The Kier molecular flexibility index (Phi) is 3.42. The highest BCUT2D eigenvalue weighted by Gasteiger charge is 2.22. The van der Waals surface area contributed by atoms with Gasteiger partial charge in [-0.3, -0.25) is 9.39 Å². The average Bonchev–Trinajstić information content (AvgIpc) is 3.20. The van der Waals surface area contributed by atoms with Crippen LogP contribution in [0.2, 0.25) is 0 Å². The number of nitrogens with one attached hydrogen (secondary N) is 1. The van der Waals surface area contributed by atoms with Crippen molar-refractivity contribution >= 4 is 17.3 Å². The zero-order valence-electron chi connectivity index (χ0n) is 13.0. The highest BCUT2D eigenvalue weighted by molar-refractivity contribution is 5.97. The van der Waals surface area contributed by atoms with Crippen LogP contribution in [0.25, 0.3) is 5.65 Å². The van der Waals surface area contributed by atoms with E-state index in [1.165, 1.54) is 11.3 Å². The molecule has 0 spiro atoms. The minimum absolute atomic E-state index is 0.580. The zero-order valence-corrected chi connectivity index (χ0v) is 13.0. The smallest absolute Gasteiger partial charge is 0.198 e. The SMILES string of the molecule is CN=C(NCc1nnc2ccccn12)N1CCc2ccccc21. The van der Waals surface area contributed by atoms with Crippen molar-refractivity contribution in [3.05, 3.63) is 60.0 Å². The molecule has 2 aromatic heterocycles. The second-order valence-corrected chi connectivity index (χ2v) is 5.48. The van der Waals surface area contributed by atoms with Crippen LogP contribution < -0.4 is 10.2 Å². The number of hydrogen-bond donors (Lipinski definition) is 1. The molecule has 0 saturated carbocycles. The third kappa shape index (κ3) is 2.42. The molecule has 0 unspecified atom stereocenters. The molecule has 0 amide bonds. The van der Waals surface area contributed by atoms with Crippen LogP contribution in [0.15, 0.2) is 53.7 Å². The summed E-state index contributed by atoms with van der Waals surface area (Å²) in [6.45, 7) is 1.52. The standard InChI is InChI=1S/C17H18N6/c1-18-17(22-11-9-13-6-2-3-7-14(13)22)19-12-16-21-20-15-8-4-5-10-23(15)16/h2-8,10H,9,11-12H2,1H3,(H,18,19). The molecule has 3 heterocycles. The predicted octanol–water partition coefficient (Wildman–Crippen LogP) is 1.87. The van der Waals surface area contributed by atoms with Crippen LogP contribution in [0.4, 0.5) is 5.69 Å². The van der Waals surface area contributed by atoms with E-state index in [0.717, 1.165) is 30.4 Å². The van der Waals surface area contributed by atoms with Crippen molar-refractivity contribution in [2.45, 2.75) is 13.0 Å². The van der Waals surface area contributed by atoms with Crippen LogP contribution >= 0.6 is 0 Å². The van der Waals surface area contributed by atoms with E-state index in [9.17, 15) is 0 Å². The van der Waals surface area contributed by atoms with Gasteiger partial charge in [-0.1, -0.05) is 24.3 Å². The van der Waals surface area contributed by atoms with Crippen LogP contribution in [-0.4, -0.2) is 34.2 Å². The van der Waals surface area contributed by atoms with Gasteiger partial charge in [-0.15, -0.1) is 10.2 Å². The fourth-order valence-electron chi connectivity index (χ4n) is 3.02. The number of nitrogens with zero attached hydrogens (tertiary/aromatic N) is 5. The van der Waals surface area contributed by atoms with E-state index in [1.54, 1.807) is 0 Å². The summed E-state index contributed by atoms with van der Waals surface area (Å²) in [6.07, 6.45) is 3.02. The van der Waals surface area contributed by atoms with Crippen LogP contribution in [-0.2, 0) is 13.0 Å². The molecule has 6 nitrogen and oxygen atoms in total. The van der Waals surface area contributed by atoms with E-state index >= 15 is 0 Å². The van der Waals surface area contributed by atoms with Gasteiger partial charge in [0.2, 0.25) is 0 Å². The lowest BCUT2D eigenvalue weighted by atomic mass is 10.2. The van der Waals surface area contributed by atoms with Crippen LogP contribution in [0, 0.1) is 0 Å². The molecule has 4 rings (SSSR count). The number of guanidine groups is 1. The summed E-state index contributed by atoms with van der Waals surface area (Å²) in [7, 11) is 1.81. The molecule has 3 aromatic rings. The first-order chi connectivity index (χ1) is 11.4. The van der Waals surface area contributed by atoms with E-state index in [0.29, 0.717) is 6.54 Å². The maximum Gasteiger partial charge on any atom is 0.198 e. The Morgan fingerprint density at radius 1 is 1.17 bits per heavy atom. The lowest BCUT2D eigenvalue weighted by Gasteiger charge is -2.22. The van der Waals surface area contributed by atoms with Crippen LogP contribution in [0.5, 0.6) is 0 Å². The number of aliphatic imine (C=N–C) groups is 1. The number of anilines is 1. The minimum Gasteiger partial charge on any atom is -0.349 e. The van der Waals surface area contributed by atoms with E-state index in [2.05, 4.69) is 49.7 Å². The normalized spacial score (nSPS) is 14.3. The minimum atomic E-state index is 0.580. The maximum atomic E-state index is 4.42. The zero-order chi connectivity index (χ0) is 15.6. The van der Waals surface area contributed by atoms with E-state index in [4.69, 9.17) is 0 Å². The van der Waals surface area contributed by atoms with Gasteiger partial charge in [0.05, 0.1) is 6.54 Å². The molecular formula is C17H18N6. The van der Waals surface area contributed by atoms with Gasteiger partial charge in [-0.2, -0.15) is 0 Å². The van der Waals surface area contributed by atoms with Gasteiger partial charge in [0.1, 0.15) is 0 Å². The fraction of sp³-hybridized carbons (Fsp3) is 0.235. The lowest BCUT2D eigenvalue weighted by Crippen LogP contribution is -2.40. The first-order valence-electron chi connectivity index (χ1n) is 7.71. The van der Waals surface area contributed by atoms with Crippen molar-refractivity contribution in [1.82, 2.24) is 19.9 Å². The van der Waals surface area contributed by atoms with E-state index < -0.39 is 0 Å². The molecular weight excluding hydrogens is 288 g/mol. The second-order valence-electron chi connectivity index (χ2n) is 5.48. The van der Waals surface area contributed by atoms with Gasteiger partial charge < -0.3 is 10.2 Å². The Morgan fingerprint density at radius 3 is 2.96 bits per heavy atom. The average molecular weight is 306 g/mol. The molecule has 0 radical (unpaired) electrons. The summed E-state index contributed by atoms with van der Waals surface area (Å²) in [5, 5.41) is 11.8. The van der Waals surface area contributed by atoms with Crippen molar-refractivity contribution in [3.63, 3.8) is 0 Å². The molecule has 0 fully saturated rings. The van der Waals surface area contributed by atoms with Crippen LogP contribution in [0.1, 0.15) is 11.4 Å². The molecule has 1 aliphatic rings. The van der Waals surface area contributed by atoms with Gasteiger partial charge in [0.15, 0.2) is 17.4 Å². The Bertz CT molecular complexity index is 866. The lowest BCUT2D eigenvalue weighted by molar-refractivity contribution is 0.790. The Labute approximate surface area is 134 Å². The number of para-hydroxylation sites is 1. The van der Waals surface area contributed by atoms with Crippen LogP contribution in [0.3, 0.4) is 0 Å². The first-order valence-corrected chi connectivity index (χ1v) is 7.71. The molecule has 0 bridgehead atoms. The first kappa shape index (κ1) is 13.8. The third-order valence-electron chi connectivity index (χ3n) is 4.14. The number of hydrogen-bond acceptors (Lipinski definition) is 3. The molecule has 0 aliphatic carbocycles. The summed E-state index contributed by atoms with van der Waals surface area (Å²) in [4.78, 5) is 6.64. The summed E-state index contributed by atoms with van der Waals surface area (Å²) >= 11 is 0. The number of fused-ring (bicyclic) bond motifs is 2. The summed E-state index contributed by atoms with van der Waals surface area (Å²) in [5.74, 6) is 1.73. The number of pyridine rings is 1. The Hall–Kier alpha value is -2.89. The summed E-state index contributed by atoms with van der Waals surface area (Å²) in [6, 6.07) is 14.3. The molecule has 0 atom stereocenters. The largest absolute Gasteiger partial charge is 0.349 e. The number of benzene rings is 1. The number of rotatable bonds is 2. The second kappa shape index (κ2) is 5.72. The van der Waals surface area contributed by atoms with Gasteiger partial charge in [0, 0.05) is 25.5 Å². The van der Waals surface area contributed by atoms with Gasteiger partial charge >= 0.3 is 0 Å². The van der Waals surface area contributed by atoms with Crippen molar-refractivity contribution in [3.8, 4) is 0 Å². The van der Waals surface area contributed by atoms with Gasteiger partial charge in [-0.25, -0.2) is 0 Å². The molecule has 1 aromatic carbocycles. The Balaban J connectivity index is 1.54. The van der Waals surface area contributed by atoms with Crippen molar-refractivity contribution in [2.24, 2.45) is 4.99 Å². The Morgan fingerprint density at radius 2 is 2.04 bits per heavy atom. The quantitative estimate of drug-likeness (QED) is 0.580. The van der Waals surface area contributed by atoms with E-state index in [-0.39, 0.29) is 0 Å². The summed E-state index contributed by atoms with van der Waals surface area (Å²) < 4.78 is 1.98. The fourth-order valence-corrected chi connectivity index (χ4v) is 3.02. The van der Waals surface area contributed by atoms with Crippen molar-refractivity contribution in [2.75, 3.05) is 18.5 Å². The molecule has 0 saturated heterocycles. The van der Waals surface area contributed by atoms with Gasteiger partial charge in [0.25, 0.3) is 0 Å². The molecule has 1 aliphatic heterocycles. The molecule has 23 heavy (non-hydrogen) atoms. The van der Waals surface area contributed by atoms with Gasteiger partial charge in [-0.05, 0) is 30.2 Å². The molecule has 116 valence electrons. The predicted molar refractivity (Wildman–Crippen MR) is 90.7 cm³/mol. The van der Waals surface area contributed by atoms with Crippen molar-refractivity contribution < 1.29 is 0 Å². The maximum absolute atomic E-state index is 4.42.